The first-order valence-electron chi connectivity index (χ1n) is 6.18. The molecule has 0 saturated carbocycles. The summed E-state index contributed by atoms with van der Waals surface area (Å²) in [5.41, 5.74) is 3.11. The molecule has 1 unspecified atom stereocenters. The monoisotopic (exact) mass is 263 g/mol. The molecule has 2 aromatic rings. The minimum atomic E-state index is -0.987. The van der Waals surface area contributed by atoms with Crippen molar-refractivity contribution in [2.45, 2.75) is 18.9 Å². The fraction of sp³-hybridized carbons (Fsp3) is 0.385. The number of aliphatic hydroxyl groups is 1. The molecular formula is C13H17N3O3. The highest BCUT2D eigenvalue weighted by atomic mass is 16.4. The molecule has 0 spiro atoms. The van der Waals surface area contributed by atoms with Crippen LogP contribution in [0.4, 0.5) is 0 Å². The second kappa shape index (κ2) is 6.31. The van der Waals surface area contributed by atoms with Gasteiger partial charge in [-0.15, -0.1) is 0 Å². The van der Waals surface area contributed by atoms with E-state index in [0.29, 0.717) is 13.1 Å². The largest absolute Gasteiger partial charge is 0.481 e. The Morgan fingerprint density at radius 1 is 1.47 bits per heavy atom. The van der Waals surface area contributed by atoms with Crippen molar-refractivity contribution < 1.29 is 15.0 Å². The van der Waals surface area contributed by atoms with Crippen molar-refractivity contribution in [3.63, 3.8) is 0 Å². The average Bonchev–Trinajstić information content (AvgIpc) is 2.81. The molecule has 1 aromatic heterocycles. The van der Waals surface area contributed by atoms with E-state index in [1.165, 1.54) is 0 Å². The Morgan fingerprint density at radius 3 is 3.11 bits per heavy atom. The van der Waals surface area contributed by atoms with Crippen molar-refractivity contribution in [3.8, 4) is 0 Å². The third kappa shape index (κ3) is 4.04. The average molecular weight is 263 g/mol. The highest BCUT2D eigenvalue weighted by Gasteiger charge is 2.08. The predicted molar refractivity (Wildman–Crippen MR) is 70.9 cm³/mol. The molecule has 0 saturated heterocycles. The molecule has 102 valence electrons. The maximum atomic E-state index is 10.4. The second-order valence-corrected chi connectivity index (χ2v) is 4.46. The van der Waals surface area contributed by atoms with Crippen LogP contribution >= 0.6 is 0 Å². The minimum absolute atomic E-state index is 0.229. The van der Waals surface area contributed by atoms with Crippen molar-refractivity contribution in [1.29, 1.82) is 0 Å². The van der Waals surface area contributed by atoms with Crippen LogP contribution in [0.15, 0.2) is 24.5 Å². The van der Waals surface area contributed by atoms with Crippen LogP contribution in [0.2, 0.25) is 0 Å². The first-order chi connectivity index (χ1) is 9.15. The number of hydrogen-bond donors (Lipinski definition) is 4. The number of carboxylic acids is 1. The van der Waals surface area contributed by atoms with Crippen molar-refractivity contribution in [1.82, 2.24) is 15.3 Å². The molecule has 0 bridgehead atoms. The Bertz CT molecular complexity index is 553. The van der Waals surface area contributed by atoms with Gasteiger partial charge in [-0.3, -0.25) is 4.79 Å². The van der Waals surface area contributed by atoms with Crippen LogP contribution < -0.4 is 5.32 Å². The first kappa shape index (κ1) is 13.5. The van der Waals surface area contributed by atoms with E-state index in [2.05, 4.69) is 15.3 Å². The summed E-state index contributed by atoms with van der Waals surface area (Å²) in [4.78, 5) is 17.6. The number of fused-ring (bicyclic) bond motifs is 1. The molecule has 4 N–H and O–H groups in total. The van der Waals surface area contributed by atoms with Gasteiger partial charge in [0, 0.05) is 6.54 Å². The molecule has 1 aromatic carbocycles. The molecule has 19 heavy (non-hydrogen) atoms. The lowest BCUT2D eigenvalue weighted by molar-refractivity contribution is -0.139. The number of aliphatic carboxylic acids is 1. The summed E-state index contributed by atoms with van der Waals surface area (Å²) in [6, 6.07) is 6.01. The standard InChI is InChI=1S/C13H17N3O3/c17-10(6-13(18)19)7-14-4-3-9-1-2-11-12(5-9)16-8-15-11/h1-2,5,8,10,14,17H,3-4,6-7H2,(H,15,16)(H,18,19). The van der Waals surface area contributed by atoms with Crippen LogP contribution in [0.3, 0.4) is 0 Å². The second-order valence-electron chi connectivity index (χ2n) is 4.46. The number of nitrogens with zero attached hydrogens (tertiary/aromatic N) is 1. The molecule has 2 rings (SSSR count). The molecule has 1 heterocycles. The van der Waals surface area contributed by atoms with Gasteiger partial charge >= 0.3 is 5.97 Å². The zero-order valence-electron chi connectivity index (χ0n) is 10.5. The molecule has 0 aliphatic heterocycles. The van der Waals surface area contributed by atoms with E-state index < -0.39 is 12.1 Å². The van der Waals surface area contributed by atoms with Crippen molar-refractivity contribution in [3.05, 3.63) is 30.1 Å². The molecule has 6 nitrogen and oxygen atoms in total. The van der Waals surface area contributed by atoms with Crippen LogP contribution in [0.5, 0.6) is 0 Å². The number of carboxylic acid groups (broad SMARTS) is 1. The molecule has 0 amide bonds. The topological polar surface area (TPSA) is 98.2 Å². The Kier molecular flexibility index (Phi) is 4.48. The lowest BCUT2D eigenvalue weighted by atomic mass is 10.1. The van der Waals surface area contributed by atoms with Gasteiger partial charge in [0.1, 0.15) is 0 Å². The summed E-state index contributed by atoms with van der Waals surface area (Å²) >= 11 is 0. The van der Waals surface area contributed by atoms with Crippen LogP contribution in [0, 0.1) is 0 Å². The van der Waals surface area contributed by atoms with E-state index in [1.807, 2.05) is 18.2 Å². The summed E-state index contributed by atoms with van der Waals surface area (Å²) in [6.45, 7) is 0.981. The molecule has 0 aliphatic rings. The van der Waals surface area contributed by atoms with Crippen LogP contribution in [-0.2, 0) is 11.2 Å². The SMILES string of the molecule is O=C(O)CC(O)CNCCc1ccc2nc[nH]c2c1. The van der Waals surface area contributed by atoms with E-state index in [-0.39, 0.29) is 6.42 Å². The summed E-state index contributed by atoms with van der Waals surface area (Å²) in [6.07, 6.45) is 1.41. The zero-order chi connectivity index (χ0) is 13.7. The molecule has 1 atom stereocenters. The fourth-order valence-electron chi connectivity index (χ4n) is 1.91. The quantitative estimate of drug-likeness (QED) is 0.546. The van der Waals surface area contributed by atoms with Crippen molar-refractivity contribution in [2.24, 2.45) is 0 Å². The Morgan fingerprint density at radius 2 is 2.32 bits per heavy atom. The maximum Gasteiger partial charge on any atom is 0.306 e. The number of carbonyl (C=O) groups is 1. The number of imidazole rings is 1. The number of hydrogen-bond acceptors (Lipinski definition) is 4. The van der Waals surface area contributed by atoms with E-state index in [1.54, 1.807) is 6.33 Å². The number of benzene rings is 1. The number of rotatable bonds is 7. The summed E-state index contributed by atoms with van der Waals surface area (Å²) in [5, 5.41) is 20.9. The van der Waals surface area contributed by atoms with Gasteiger partial charge in [0.2, 0.25) is 0 Å². The van der Waals surface area contributed by atoms with Gasteiger partial charge in [0.15, 0.2) is 0 Å². The first-order valence-corrected chi connectivity index (χ1v) is 6.18. The van der Waals surface area contributed by atoms with Gasteiger partial charge in [-0.1, -0.05) is 6.07 Å². The van der Waals surface area contributed by atoms with Gasteiger partial charge in [0.25, 0.3) is 0 Å². The smallest absolute Gasteiger partial charge is 0.306 e. The fourth-order valence-corrected chi connectivity index (χ4v) is 1.91. The Hall–Kier alpha value is -1.92. The van der Waals surface area contributed by atoms with E-state index in [0.717, 1.165) is 23.0 Å². The Labute approximate surface area is 110 Å². The number of H-pyrrole nitrogens is 1. The predicted octanol–water partition coefficient (Wildman–Crippen LogP) is 0.531. The normalized spacial score (nSPS) is 12.7. The highest BCUT2D eigenvalue weighted by Crippen LogP contribution is 2.11. The van der Waals surface area contributed by atoms with Gasteiger partial charge < -0.3 is 20.5 Å². The Balaban J connectivity index is 1.74. The lowest BCUT2D eigenvalue weighted by Gasteiger charge is -2.09. The van der Waals surface area contributed by atoms with E-state index in [4.69, 9.17) is 5.11 Å². The third-order valence-electron chi connectivity index (χ3n) is 2.87. The van der Waals surface area contributed by atoms with E-state index >= 15 is 0 Å². The maximum absolute atomic E-state index is 10.4. The number of aromatic nitrogens is 2. The van der Waals surface area contributed by atoms with Crippen molar-refractivity contribution in [2.75, 3.05) is 13.1 Å². The van der Waals surface area contributed by atoms with Crippen LogP contribution in [-0.4, -0.2) is 45.3 Å². The molecule has 0 fully saturated rings. The van der Waals surface area contributed by atoms with Crippen LogP contribution in [0.25, 0.3) is 11.0 Å². The summed E-state index contributed by atoms with van der Waals surface area (Å²) < 4.78 is 0. The van der Waals surface area contributed by atoms with Gasteiger partial charge in [-0.25, -0.2) is 4.98 Å². The summed E-state index contributed by atoms with van der Waals surface area (Å²) in [7, 11) is 0. The molecular weight excluding hydrogens is 246 g/mol. The van der Waals surface area contributed by atoms with Crippen molar-refractivity contribution >= 4 is 17.0 Å². The van der Waals surface area contributed by atoms with E-state index in [9.17, 15) is 9.90 Å². The molecule has 0 radical (unpaired) electrons. The van der Waals surface area contributed by atoms with Gasteiger partial charge in [-0.2, -0.15) is 0 Å². The van der Waals surface area contributed by atoms with Gasteiger partial charge in [-0.05, 0) is 30.7 Å². The molecule has 6 heteroatoms. The summed E-state index contributed by atoms with van der Waals surface area (Å²) in [5.74, 6) is -0.987. The molecule has 0 aliphatic carbocycles. The number of aliphatic hydroxyl groups excluding tert-OH is 1. The highest BCUT2D eigenvalue weighted by molar-refractivity contribution is 5.75. The van der Waals surface area contributed by atoms with Gasteiger partial charge in [0.05, 0.1) is 29.9 Å². The number of nitrogens with one attached hydrogen (secondary N) is 2. The van der Waals surface area contributed by atoms with Crippen LogP contribution in [0.1, 0.15) is 12.0 Å². The lowest BCUT2D eigenvalue weighted by Crippen LogP contribution is -2.30. The minimum Gasteiger partial charge on any atom is -0.481 e. The third-order valence-corrected chi connectivity index (χ3v) is 2.87. The number of aromatic amines is 1. The zero-order valence-corrected chi connectivity index (χ0v) is 10.5.